The van der Waals surface area contributed by atoms with Gasteiger partial charge in [-0.15, -0.1) is 0 Å². The predicted octanol–water partition coefficient (Wildman–Crippen LogP) is 25.7. The number of ether oxygens (including phenoxy) is 10. The second-order valence-electron chi connectivity index (χ2n) is 30.1. The minimum atomic E-state index is -0.400. The third kappa shape index (κ3) is 19.8. The first kappa shape index (κ1) is 76.1. The summed E-state index contributed by atoms with van der Waals surface area (Å²) in [5, 5.41) is 26.7. The van der Waals surface area contributed by atoms with Crippen molar-refractivity contribution in [3.8, 4) is 69.0 Å². The molecule has 102 heavy (non-hydrogen) atoms. The zero-order chi connectivity index (χ0) is 70.5. The summed E-state index contributed by atoms with van der Waals surface area (Å²) in [4.78, 5) is 0. The lowest BCUT2D eigenvalue weighted by Gasteiger charge is -2.36. The molecule has 4 aliphatic heterocycles. The van der Waals surface area contributed by atoms with Crippen molar-refractivity contribution >= 4 is 0 Å². The van der Waals surface area contributed by atoms with E-state index in [2.05, 4.69) is 100 Å². The largest absolute Gasteiger partial charge is 0.502 e. The van der Waals surface area contributed by atoms with Crippen molar-refractivity contribution in [2.24, 2.45) is 0 Å². The van der Waals surface area contributed by atoms with Crippen LogP contribution in [0.1, 0.15) is 364 Å². The van der Waals surface area contributed by atoms with Crippen LogP contribution >= 0.6 is 0 Å². The second-order valence-corrected chi connectivity index (χ2v) is 30.1. The van der Waals surface area contributed by atoms with Gasteiger partial charge < -0.3 is 57.6 Å². The predicted molar refractivity (Wildman–Crippen MR) is 410 cm³/mol. The highest BCUT2D eigenvalue weighted by molar-refractivity contribution is 5.73. The summed E-state index contributed by atoms with van der Waals surface area (Å²) in [6.07, 6.45) is 45.4. The maximum absolute atomic E-state index is 13.3. The van der Waals surface area contributed by atoms with E-state index in [4.69, 9.17) is 47.4 Å². The van der Waals surface area contributed by atoms with E-state index in [1.807, 2.05) is 12.1 Å². The standard InChI is InChI=1S/C90H124O12/c1-5-9-13-17-21-25-29-33-43-51-67-71-55-73-68(52-44-34-30-26-22-18-14-10-6-2)75-57-77-70(54-46-36-32-28-24-20-16-12-8-4)78-58-76-69(53-45-35-31-27-23-19-15-11-7-3)74-56-72(67)82-80(92)84(74)98-63-100-86(76)90(94-60-66-49-41-38-42-50-66)88(78)102-64-101-87(77)89(93-59-65-47-39-37-40-48-65)85(75)99-62-97-83(73)79(91)81(71)95-61-96-82/h37-42,47-50,55-58,67-70,91-92H,5-36,43-46,51-54,59-64H2,1-4H3. The summed E-state index contributed by atoms with van der Waals surface area (Å²) in [6.45, 7) is 8.74. The minimum absolute atomic E-state index is 0.0705. The molecule has 0 amide bonds. The molecule has 12 nitrogen and oxygen atoms in total. The van der Waals surface area contributed by atoms with Crippen molar-refractivity contribution in [1.82, 2.24) is 0 Å². The van der Waals surface area contributed by atoms with Crippen LogP contribution < -0.4 is 47.4 Å². The third-order valence-corrected chi connectivity index (χ3v) is 22.5. The van der Waals surface area contributed by atoms with Gasteiger partial charge in [0.1, 0.15) is 13.2 Å². The highest BCUT2D eigenvalue weighted by Gasteiger charge is 2.43. The number of rotatable bonds is 46. The molecular weight excluding hydrogens is 1270 g/mol. The molecule has 6 aromatic carbocycles. The summed E-state index contributed by atoms with van der Waals surface area (Å²) >= 11 is 0. The molecular formula is C90H124O12. The molecule has 0 radical (unpaired) electrons. The van der Waals surface area contributed by atoms with Crippen LogP contribution in [0.25, 0.3) is 0 Å². The monoisotopic (exact) mass is 1400 g/mol. The van der Waals surface area contributed by atoms with Crippen molar-refractivity contribution < 1.29 is 57.6 Å². The van der Waals surface area contributed by atoms with Gasteiger partial charge in [0.2, 0.25) is 50.2 Å². The molecule has 2 atom stereocenters. The molecule has 2 unspecified atom stereocenters. The Labute approximate surface area is 612 Å². The Bertz CT molecular complexity index is 3290. The van der Waals surface area contributed by atoms with Gasteiger partial charge in [0, 0.05) is 68.2 Å². The Kier molecular flexibility index (Phi) is 30.5. The van der Waals surface area contributed by atoms with Crippen LogP contribution in [0.4, 0.5) is 0 Å². The van der Waals surface area contributed by atoms with Gasteiger partial charge in [-0.3, -0.25) is 0 Å². The van der Waals surface area contributed by atoms with Gasteiger partial charge in [0.15, 0.2) is 46.0 Å². The Morgan fingerprint density at radius 1 is 0.265 bits per heavy atom. The van der Waals surface area contributed by atoms with Crippen molar-refractivity contribution in [3.63, 3.8) is 0 Å². The molecule has 1 aliphatic carbocycles. The first-order valence-electron chi connectivity index (χ1n) is 41.0. The fourth-order valence-corrected chi connectivity index (χ4v) is 16.8. The fraction of sp³-hybridized carbons (Fsp3) is 0.600. The molecule has 11 rings (SSSR count). The highest BCUT2D eigenvalue weighted by atomic mass is 16.7. The summed E-state index contributed by atoms with van der Waals surface area (Å²) in [5.41, 5.74) is 9.34. The Hall–Kier alpha value is -7.08. The first-order valence-corrected chi connectivity index (χ1v) is 41.0. The van der Waals surface area contributed by atoms with E-state index in [0.717, 1.165) is 152 Å². The van der Waals surface area contributed by atoms with E-state index in [0.29, 0.717) is 63.9 Å². The Morgan fingerprint density at radius 2 is 0.461 bits per heavy atom. The van der Waals surface area contributed by atoms with E-state index in [1.54, 1.807) is 0 Å². The van der Waals surface area contributed by atoms with E-state index in [-0.39, 0.29) is 69.6 Å². The lowest BCUT2D eigenvalue weighted by Crippen LogP contribution is -2.23. The zero-order valence-electron chi connectivity index (χ0n) is 62.9. The number of phenolic OH excluding ortho intramolecular Hbond substituents is 2. The maximum atomic E-state index is 13.3. The number of phenols is 2. The molecule has 0 fully saturated rings. The average Bonchev–Trinajstić information content (AvgIpc) is 0.724. The van der Waals surface area contributed by atoms with Gasteiger partial charge in [-0.05, 0) is 61.1 Å². The van der Waals surface area contributed by atoms with E-state index >= 15 is 0 Å². The Balaban J connectivity index is 1.16. The SMILES string of the molecule is CCCCCCCCCCCC1c2cc3c4c(O)c2OCOc2c1cc1c(c2O)OCOc2c(cc5c(c2OCc2ccccc2)OCOc2c(cc(c(c2OCc2ccccc2)OCO4)C3CCCCCCCCCCC)C5CCCCCCCCCCC)C1CCCCCCCCCCC. The lowest BCUT2D eigenvalue weighted by molar-refractivity contribution is 0.0835. The highest BCUT2D eigenvalue weighted by Crippen LogP contribution is 2.62. The van der Waals surface area contributed by atoms with Crippen LogP contribution in [-0.4, -0.2) is 37.4 Å². The van der Waals surface area contributed by atoms with Crippen LogP contribution in [0.3, 0.4) is 0 Å². The van der Waals surface area contributed by atoms with Crippen molar-refractivity contribution in [2.75, 3.05) is 27.2 Å². The average molecular weight is 1400 g/mol. The van der Waals surface area contributed by atoms with Crippen LogP contribution in [0.5, 0.6) is 69.0 Å². The quantitative estimate of drug-likeness (QED) is 0.0353. The van der Waals surface area contributed by atoms with Crippen LogP contribution in [0, 0.1) is 0 Å². The summed E-state index contributed by atoms with van der Waals surface area (Å²) < 4.78 is 70.7. The number of aromatic hydroxyl groups is 2. The molecule has 556 valence electrons. The molecule has 5 aliphatic rings. The van der Waals surface area contributed by atoms with Gasteiger partial charge in [0.05, 0.1) is 0 Å². The van der Waals surface area contributed by atoms with E-state index in [9.17, 15) is 10.2 Å². The van der Waals surface area contributed by atoms with Gasteiger partial charge in [-0.1, -0.05) is 320 Å². The smallest absolute Gasteiger partial charge is 0.231 e. The van der Waals surface area contributed by atoms with Crippen LogP contribution in [0.2, 0.25) is 0 Å². The topological polar surface area (TPSA) is 133 Å². The summed E-state index contributed by atoms with van der Waals surface area (Å²) in [5.74, 6) is 3.06. The molecule has 0 saturated carbocycles. The summed E-state index contributed by atoms with van der Waals surface area (Å²) in [6, 6.07) is 30.1. The lowest BCUT2D eigenvalue weighted by atomic mass is 9.75. The zero-order valence-corrected chi connectivity index (χ0v) is 62.9. The van der Waals surface area contributed by atoms with Crippen molar-refractivity contribution in [3.05, 3.63) is 141 Å². The maximum Gasteiger partial charge on any atom is 0.231 e. The molecule has 6 aromatic rings. The minimum Gasteiger partial charge on any atom is -0.502 e. The number of hydrogen-bond donors (Lipinski definition) is 2. The Morgan fingerprint density at radius 3 is 0.686 bits per heavy atom. The third-order valence-electron chi connectivity index (χ3n) is 22.5. The molecule has 4 heterocycles. The van der Waals surface area contributed by atoms with Crippen LogP contribution in [0.15, 0.2) is 84.9 Å². The van der Waals surface area contributed by atoms with Crippen molar-refractivity contribution in [2.45, 2.75) is 321 Å². The van der Waals surface area contributed by atoms with Gasteiger partial charge in [0.25, 0.3) is 0 Å². The second kappa shape index (κ2) is 40.8. The molecule has 8 bridgehead atoms. The molecule has 2 N–H and O–H groups in total. The van der Waals surface area contributed by atoms with Gasteiger partial charge in [-0.2, -0.15) is 0 Å². The van der Waals surface area contributed by atoms with Crippen LogP contribution in [-0.2, 0) is 13.2 Å². The number of benzene rings is 6. The molecule has 0 saturated heterocycles. The molecule has 0 spiro atoms. The van der Waals surface area contributed by atoms with Crippen molar-refractivity contribution in [1.29, 1.82) is 0 Å². The number of unbranched alkanes of at least 4 members (excludes halogenated alkanes) is 32. The summed E-state index contributed by atoms with van der Waals surface area (Å²) in [7, 11) is 0. The normalized spacial score (nSPS) is 16.7. The van der Waals surface area contributed by atoms with E-state index < -0.39 is 5.92 Å². The fourth-order valence-electron chi connectivity index (χ4n) is 16.8. The number of hydrogen-bond acceptors (Lipinski definition) is 12. The molecule has 0 aromatic heterocycles. The van der Waals surface area contributed by atoms with Gasteiger partial charge in [-0.25, -0.2) is 0 Å². The van der Waals surface area contributed by atoms with E-state index in [1.165, 1.54) is 154 Å². The molecule has 12 heteroatoms. The van der Waals surface area contributed by atoms with Gasteiger partial charge >= 0.3 is 0 Å². The first-order chi connectivity index (χ1) is 50.4.